The van der Waals surface area contributed by atoms with Crippen molar-refractivity contribution in [3.8, 4) is 16.9 Å². The Morgan fingerprint density at radius 2 is 1.49 bits per heavy atom. The maximum atomic E-state index is 13.3. The number of nitrogens with zero attached hydrogens (tertiary/aromatic N) is 1. The molecular weight excluding hydrogens is 478 g/mol. The minimum absolute atomic E-state index is 0.168. The predicted molar refractivity (Wildman–Crippen MR) is 150 cm³/mol. The molecule has 0 fully saturated rings. The fraction of sp³-hybridized carbons (Fsp3) is 0.156. The van der Waals surface area contributed by atoms with Gasteiger partial charge in [-0.3, -0.25) is 4.98 Å². The molecule has 5 aromatic rings. The van der Waals surface area contributed by atoms with Crippen molar-refractivity contribution in [3.63, 3.8) is 0 Å². The van der Waals surface area contributed by atoms with E-state index in [1.807, 2.05) is 66.7 Å². The number of sulfone groups is 1. The molecule has 1 heterocycles. The van der Waals surface area contributed by atoms with Crippen molar-refractivity contribution < 1.29 is 13.2 Å². The normalized spacial score (nSPS) is 12.5. The topological polar surface area (TPSA) is 56.3 Å². The summed E-state index contributed by atoms with van der Waals surface area (Å²) < 4.78 is 32.9. The van der Waals surface area contributed by atoms with Crippen LogP contribution in [0.4, 0.5) is 0 Å². The fourth-order valence-electron chi connectivity index (χ4n) is 4.46. The van der Waals surface area contributed by atoms with Crippen LogP contribution in [-0.2, 0) is 9.84 Å². The first kappa shape index (κ1) is 24.7. The van der Waals surface area contributed by atoms with Crippen LogP contribution < -0.4 is 4.74 Å². The lowest BCUT2D eigenvalue weighted by Crippen LogP contribution is -2.20. The molecule has 186 valence electrons. The monoisotopic (exact) mass is 507 g/mol. The molecule has 37 heavy (non-hydrogen) atoms. The smallest absolute Gasteiger partial charge is 0.182 e. The second-order valence-corrected chi connectivity index (χ2v) is 11.5. The summed E-state index contributed by atoms with van der Waals surface area (Å²) in [6, 6.07) is 34.3. The molecule has 0 saturated heterocycles. The van der Waals surface area contributed by atoms with E-state index in [9.17, 15) is 8.42 Å². The van der Waals surface area contributed by atoms with Crippen LogP contribution in [0.15, 0.2) is 120 Å². The lowest BCUT2D eigenvalue weighted by Gasteiger charge is -2.20. The Labute approximate surface area is 218 Å². The minimum Gasteiger partial charge on any atom is -0.485 e. The van der Waals surface area contributed by atoms with Crippen molar-refractivity contribution in [2.75, 3.05) is 5.75 Å². The predicted octanol–water partition coefficient (Wildman–Crippen LogP) is 7.62. The fourth-order valence-corrected chi connectivity index (χ4v) is 5.88. The van der Waals surface area contributed by atoms with Crippen molar-refractivity contribution in [1.29, 1.82) is 0 Å². The molecule has 0 saturated carbocycles. The molecule has 5 rings (SSSR count). The van der Waals surface area contributed by atoms with Crippen LogP contribution in [0, 0.1) is 0 Å². The van der Waals surface area contributed by atoms with Gasteiger partial charge in [0.1, 0.15) is 11.9 Å². The molecule has 0 bridgehead atoms. The molecule has 0 spiro atoms. The number of hydrogen-bond acceptors (Lipinski definition) is 4. The molecule has 0 N–H and O–H groups in total. The van der Waals surface area contributed by atoms with Gasteiger partial charge in [-0.15, -0.1) is 0 Å². The Hall–Kier alpha value is -3.96. The molecule has 0 aliphatic heterocycles. The second kappa shape index (κ2) is 10.6. The quantitative estimate of drug-likeness (QED) is 0.217. The van der Waals surface area contributed by atoms with Gasteiger partial charge in [-0.25, -0.2) is 8.42 Å². The molecule has 0 amide bonds. The highest BCUT2D eigenvalue weighted by molar-refractivity contribution is 7.91. The van der Waals surface area contributed by atoms with E-state index in [-0.39, 0.29) is 10.6 Å². The van der Waals surface area contributed by atoms with Crippen LogP contribution in [0.25, 0.3) is 22.0 Å². The van der Waals surface area contributed by atoms with E-state index in [1.165, 1.54) is 5.56 Å². The van der Waals surface area contributed by atoms with Gasteiger partial charge in [0.2, 0.25) is 0 Å². The number of rotatable bonds is 8. The third-order valence-corrected chi connectivity index (χ3v) is 8.19. The molecule has 1 atom stereocenters. The lowest BCUT2D eigenvalue weighted by atomic mass is 9.94. The highest BCUT2D eigenvalue weighted by Crippen LogP contribution is 2.34. The average Bonchev–Trinajstić information content (AvgIpc) is 2.93. The van der Waals surface area contributed by atoms with E-state index in [0.29, 0.717) is 11.7 Å². The van der Waals surface area contributed by atoms with Crippen LogP contribution in [0.3, 0.4) is 0 Å². The number of benzene rings is 4. The first-order valence-electron chi connectivity index (χ1n) is 12.4. The molecule has 0 aliphatic rings. The summed E-state index contributed by atoms with van der Waals surface area (Å²) in [6.45, 7) is 4.36. The average molecular weight is 508 g/mol. The summed E-state index contributed by atoms with van der Waals surface area (Å²) in [5, 5.41) is 1.09. The van der Waals surface area contributed by atoms with E-state index in [1.54, 1.807) is 30.5 Å². The van der Waals surface area contributed by atoms with Gasteiger partial charge in [-0.1, -0.05) is 80.6 Å². The van der Waals surface area contributed by atoms with Gasteiger partial charge in [-0.2, -0.15) is 0 Å². The van der Waals surface area contributed by atoms with E-state index in [4.69, 9.17) is 4.74 Å². The third kappa shape index (κ3) is 5.57. The zero-order chi connectivity index (χ0) is 25.8. The number of fused-ring (bicyclic) bond motifs is 1. The van der Waals surface area contributed by atoms with Gasteiger partial charge in [0.05, 0.1) is 16.2 Å². The van der Waals surface area contributed by atoms with Gasteiger partial charge in [-0.05, 0) is 65.1 Å². The van der Waals surface area contributed by atoms with Crippen molar-refractivity contribution in [2.24, 2.45) is 0 Å². The Morgan fingerprint density at radius 3 is 2.22 bits per heavy atom. The van der Waals surface area contributed by atoms with Crippen LogP contribution in [-0.4, -0.2) is 19.2 Å². The maximum absolute atomic E-state index is 13.3. The molecule has 1 unspecified atom stereocenters. The van der Waals surface area contributed by atoms with Gasteiger partial charge >= 0.3 is 0 Å². The largest absolute Gasteiger partial charge is 0.485 e. The van der Waals surface area contributed by atoms with Gasteiger partial charge in [0.15, 0.2) is 9.84 Å². The maximum Gasteiger partial charge on any atom is 0.182 e. The zero-order valence-corrected chi connectivity index (χ0v) is 21.7. The molecule has 0 aliphatic carbocycles. The second-order valence-electron chi connectivity index (χ2n) is 9.44. The lowest BCUT2D eigenvalue weighted by molar-refractivity contribution is 0.229. The summed E-state index contributed by atoms with van der Waals surface area (Å²) in [6.07, 6.45) is 1.14. The first-order chi connectivity index (χ1) is 17.9. The Morgan fingerprint density at radius 1 is 0.757 bits per heavy atom. The Bertz CT molecular complexity index is 1610. The Kier molecular flexibility index (Phi) is 7.06. The summed E-state index contributed by atoms with van der Waals surface area (Å²) in [7, 11) is -3.57. The number of pyridine rings is 1. The van der Waals surface area contributed by atoms with E-state index in [2.05, 4.69) is 37.0 Å². The summed E-state index contributed by atoms with van der Waals surface area (Å²) >= 11 is 0. The van der Waals surface area contributed by atoms with E-state index >= 15 is 0 Å². The number of ether oxygens (including phenoxy) is 1. The van der Waals surface area contributed by atoms with Crippen LogP contribution in [0.1, 0.15) is 37.0 Å². The standard InChI is InChI=1S/C32H29NO3S/c1-23(2)27-19-26-14-10-18-33-32(26)30(21-27)25-13-9-15-28(20-25)36-31(24-11-5-3-6-12-24)22-37(34,35)29-16-7-4-8-17-29/h3-21,23,31H,22H2,1-2H3. The molecule has 4 aromatic carbocycles. The first-order valence-corrected chi connectivity index (χ1v) is 14.0. The van der Waals surface area contributed by atoms with Crippen LogP contribution >= 0.6 is 0 Å². The SMILES string of the molecule is CC(C)c1cc(-c2cccc(OC(CS(=O)(=O)c3ccccc3)c3ccccc3)c2)c2ncccc2c1. The van der Waals surface area contributed by atoms with Gasteiger partial charge in [0.25, 0.3) is 0 Å². The highest BCUT2D eigenvalue weighted by atomic mass is 32.2. The van der Waals surface area contributed by atoms with E-state index in [0.717, 1.165) is 27.6 Å². The highest BCUT2D eigenvalue weighted by Gasteiger charge is 2.24. The minimum atomic E-state index is -3.57. The molecule has 4 nitrogen and oxygen atoms in total. The van der Waals surface area contributed by atoms with Gasteiger partial charge < -0.3 is 4.74 Å². The van der Waals surface area contributed by atoms with Crippen molar-refractivity contribution in [2.45, 2.75) is 30.8 Å². The zero-order valence-electron chi connectivity index (χ0n) is 20.9. The van der Waals surface area contributed by atoms with Crippen LogP contribution in [0.2, 0.25) is 0 Å². The van der Waals surface area contributed by atoms with Crippen molar-refractivity contribution >= 4 is 20.7 Å². The van der Waals surface area contributed by atoms with Crippen molar-refractivity contribution in [1.82, 2.24) is 4.98 Å². The molecule has 1 aromatic heterocycles. The number of aromatic nitrogens is 1. The van der Waals surface area contributed by atoms with Crippen molar-refractivity contribution in [3.05, 3.63) is 127 Å². The number of hydrogen-bond donors (Lipinski definition) is 0. The van der Waals surface area contributed by atoms with E-state index < -0.39 is 15.9 Å². The molecule has 5 heteroatoms. The molecule has 0 radical (unpaired) electrons. The Balaban J connectivity index is 1.53. The van der Waals surface area contributed by atoms with Gasteiger partial charge in [0, 0.05) is 17.1 Å². The summed E-state index contributed by atoms with van der Waals surface area (Å²) in [5.74, 6) is 0.806. The molecular formula is C32H29NO3S. The third-order valence-electron chi connectivity index (χ3n) is 6.46. The van der Waals surface area contributed by atoms with Crippen LogP contribution in [0.5, 0.6) is 5.75 Å². The summed E-state index contributed by atoms with van der Waals surface area (Å²) in [4.78, 5) is 4.95. The summed E-state index contributed by atoms with van der Waals surface area (Å²) in [5.41, 5.74) is 4.97.